The van der Waals surface area contributed by atoms with E-state index < -0.39 is 24.3 Å². The van der Waals surface area contributed by atoms with Gasteiger partial charge in [-0.1, -0.05) is 34.8 Å². The van der Waals surface area contributed by atoms with E-state index in [0.29, 0.717) is 5.02 Å². The van der Waals surface area contributed by atoms with Crippen LogP contribution in [0.2, 0.25) is 15.1 Å². The molecule has 1 amide bonds. The maximum atomic E-state index is 13.5. The minimum Gasteiger partial charge on any atom is -0.452 e. The zero-order valence-corrected chi connectivity index (χ0v) is 13.7. The van der Waals surface area contributed by atoms with Crippen molar-refractivity contribution in [3.8, 4) is 0 Å². The van der Waals surface area contributed by atoms with Crippen LogP contribution in [0, 0.1) is 5.82 Å². The fourth-order valence-corrected chi connectivity index (χ4v) is 2.18. The third-order valence-corrected chi connectivity index (χ3v) is 3.48. The van der Waals surface area contributed by atoms with Crippen molar-refractivity contribution in [1.82, 2.24) is 0 Å². The van der Waals surface area contributed by atoms with Crippen LogP contribution in [-0.4, -0.2) is 18.5 Å². The van der Waals surface area contributed by atoms with Gasteiger partial charge in [0.25, 0.3) is 5.91 Å². The van der Waals surface area contributed by atoms with Crippen LogP contribution in [0.1, 0.15) is 10.4 Å². The number of rotatable bonds is 4. The van der Waals surface area contributed by atoms with E-state index in [4.69, 9.17) is 39.5 Å². The molecule has 0 radical (unpaired) electrons. The number of hydrogen-bond donors (Lipinski definition) is 1. The maximum absolute atomic E-state index is 13.5. The van der Waals surface area contributed by atoms with Gasteiger partial charge >= 0.3 is 5.97 Å². The Kier molecular flexibility index (Phi) is 5.82. The van der Waals surface area contributed by atoms with E-state index in [9.17, 15) is 14.0 Å². The molecule has 0 unspecified atom stereocenters. The van der Waals surface area contributed by atoms with Gasteiger partial charge in [-0.2, -0.15) is 0 Å². The van der Waals surface area contributed by atoms with Crippen molar-refractivity contribution in [1.29, 1.82) is 0 Å². The molecular weight excluding hydrogens is 368 g/mol. The molecule has 0 fully saturated rings. The Morgan fingerprint density at radius 1 is 1.04 bits per heavy atom. The summed E-state index contributed by atoms with van der Waals surface area (Å²) in [6.07, 6.45) is 0. The lowest BCUT2D eigenvalue weighted by atomic mass is 10.2. The molecule has 2 aromatic carbocycles. The van der Waals surface area contributed by atoms with Gasteiger partial charge < -0.3 is 10.1 Å². The summed E-state index contributed by atoms with van der Waals surface area (Å²) in [5.41, 5.74) is -0.0831. The highest BCUT2D eigenvalue weighted by molar-refractivity contribution is 6.35. The molecule has 0 aromatic heterocycles. The highest BCUT2D eigenvalue weighted by atomic mass is 35.5. The molecule has 0 spiro atoms. The summed E-state index contributed by atoms with van der Waals surface area (Å²) >= 11 is 17.3. The highest BCUT2D eigenvalue weighted by Gasteiger charge is 2.15. The Bertz CT molecular complexity index is 768. The predicted molar refractivity (Wildman–Crippen MR) is 86.8 cm³/mol. The number of anilines is 1. The molecule has 0 aliphatic heterocycles. The summed E-state index contributed by atoms with van der Waals surface area (Å²) < 4.78 is 18.3. The van der Waals surface area contributed by atoms with Gasteiger partial charge in [0, 0.05) is 10.0 Å². The lowest BCUT2D eigenvalue weighted by molar-refractivity contribution is -0.119. The van der Waals surface area contributed by atoms with E-state index in [1.165, 1.54) is 30.3 Å². The van der Waals surface area contributed by atoms with Crippen LogP contribution < -0.4 is 5.32 Å². The average molecular weight is 377 g/mol. The van der Waals surface area contributed by atoms with Crippen molar-refractivity contribution < 1.29 is 18.7 Å². The fraction of sp³-hybridized carbons (Fsp3) is 0.0667. The molecule has 0 aliphatic rings. The second-order valence-electron chi connectivity index (χ2n) is 4.37. The molecule has 120 valence electrons. The standard InChI is InChI=1S/C15H9Cl3FNO3/c16-8-1-3-11(18)10(5-8)15(22)23-7-14(21)20-13-6-9(17)2-4-12(13)19/h1-6H,7H2,(H,20,21). The number of hydrogen-bond acceptors (Lipinski definition) is 3. The number of esters is 1. The fourth-order valence-electron chi connectivity index (χ4n) is 1.64. The van der Waals surface area contributed by atoms with Gasteiger partial charge in [-0.05, 0) is 36.4 Å². The summed E-state index contributed by atoms with van der Waals surface area (Å²) in [5.74, 6) is -2.20. The zero-order valence-electron chi connectivity index (χ0n) is 11.4. The Labute approximate surface area is 146 Å². The minimum absolute atomic E-state index is 0.0286. The molecule has 23 heavy (non-hydrogen) atoms. The number of benzene rings is 2. The first-order chi connectivity index (χ1) is 10.9. The Hall–Kier alpha value is -1.82. The van der Waals surface area contributed by atoms with Crippen LogP contribution in [0.3, 0.4) is 0 Å². The van der Waals surface area contributed by atoms with Gasteiger partial charge in [-0.3, -0.25) is 4.79 Å². The van der Waals surface area contributed by atoms with E-state index in [-0.39, 0.29) is 21.3 Å². The second kappa shape index (κ2) is 7.64. The summed E-state index contributed by atoms with van der Waals surface area (Å²) in [6, 6.07) is 7.95. The van der Waals surface area contributed by atoms with Gasteiger partial charge in [-0.25, -0.2) is 9.18 Å². The van der Waals surface area contributed by atoms with Gasteiger partial charge in [0.2, 0.25) is 0 Å². The molecule has 0 saturated carbocycles. The lowest BCUT2D eigenvalue weighted by Gasteiger charge is -2.08. The Morgan fingerprint density at radius 2 is 1.70 bits per heavy atom. The normalized spacial score (nSPS) is 10.3. The molecule has 4 nitrogen and oxygen atoms in total. The molecule has 2 rings (SSSR count). The summed E-state index contributed by atoms with van der Waals surface area (Å²) in [7, 11) is 0. The van der Waals surface area contributed by atoms with Crippen molar-refractivity contribution in [3.63, 3.8) is 0 Å². The second-order valence-corrected chi connectivity index (χ2v) is 5.65. The monoisotopic (exact) mass is 375 g/mol. The van der Waals surface area contributed by atoms with Gasteiger partial charge in [0.05, 0.1) is 16.3 Å². The molecular formula is C15H9Cl3FNO3. The van der Waals surface area contributed by atoms with Crippen LogP contribution in [0.5, 0.6) is 0 Å². The molecule has 0 heterocycles. The van der Waals surface area contributed by atoms with Crippen molar-refractivity contribution in [2.75, 3.05) is 11.9 Å². The van der Waals surface area contributed by atoms with E-state index in [1.54, 1.807) is 0 Å². The van der Waals surface area contributed by atoms with Crippen molar-refractivity contribution in [2.24, 2.45) is 0 Å². The first-order valence-electron chi connectivity index (χ1n) is 6.24. The van der Waals surface area contributed by atoms with E-state index in [1.807, 2.05) is 0 Å². The zero-order chi connectivity index (χ0) is 17.0. The maximum Gasteiger partial charge on any atom is 0.340 e. The van der Waals surface area contributed by atoms with Crippen LogP contribution >= 0.6 is 34.8 Å². The van der Waals surface area contributed by atoms with Gasteiger partial charge in [0.15, 0.2) is 6.61 Å². The topological polar surface area (TPSA) is 55.4 Å². The molecule has 0 aliphatic carbocycles. The smallest absolute Gasteiger partial charge is 0.340 e. The minimum atomic E-state index is -0.820. The molecule has 0 atom stereocenters. The molecule has 2 aromatic rings. The Balaban J connectivity index is 1.97. The van der Waals surface area contributed by atoms with Crippen LogP contribution in [-0.2, 0) is 9.53 Å². The van der Waals surface area contributed by atoms with E-state index in [2.05, 4.69) is 5.32 Å². The molecule has 1 N–H and O–H groups in total. The van der Waals surface area contributed by atoms with E-state index >= 15 is 0 Å². The predicted octanol–water partition coefficient (Wildman–Crippen LogP) is 4.58. The summed E-state index contributed by atoms with van der Waals surface area (Å²) in [4.78, 5) is 23.6. The van der Waals surface area contributed by atoms with Crippen molar-refractivity contribution in [3.05, 3.63) is 62.8 Å². The molecule has 0 bridgehead atoms. The largest absolute Gasteiger partial charge is 0.452 e. The van der Waals surface area contributed by atoms with Crippen molar-refractivity contribution >= 4 is 52.4 Å². The number of halogens is 4. The van der Waals surface area contributed by atoms with Crippen LogP contribution in [0.15, 0.2) is 36.4 Å². The number of nitrogens with one attached hydrogen (secondary N) is 1. The lowest BCUT2D eigenvalue weighted by Crippen LogP contribution is -2.21. The Morgan fingerprint density at radius 3 is 2.43 bits per heavy atom. The van der Waals surface area contributed by atoms with Crippen molar-refractivity contribution in [2.45, 2.75) is 0 Å². The number of carbonyl (C=O) groups is 2. The third kappa shape index (κ3) is 4.82. The third-order valence-electron chi connectivity index (χ3n) is 2.69. The quantitative estimate of drug-likeness (QED) is 0.795. The summed E-state index contributed by atoms with van der Waals surface area (Å²) in [6.45, 7) is -0.617. The van der Waals surface area contributed by atoms with Crippen LogP contribution in [0.25, 0.3) is 0 Å². The highest BCUT2D eigenvalue weighted by Crippen LogP contribution is 2.22. The SMILES string of the molecule is O=C(COC(=O)c1cc(Cl)ccc1Cl)Nc1cc(Cl)ccc1F. The molecule has 0 saturated heterocycles. The van der Waals surface area contributed by atoms with E-state index in [0.717, 1.165) is 6.07 Å². The molecule has 8 heteroatoms. The number of carbonyl (C=O) groups excluding carboxylic acids is 2. The summed E-state index contributed by atoms with van der Waals surface area (Å²) in [5, 5.41) is 2.94. The number of amides is 1. The first-order valence-corrected chi connectivity index (χ1v) is 7.37. The van der Waals surface area contributed by atoms with Gasteiger partial charge in [0.1, 0.15) is 5.82 Å². The van der Waals surface area contributed by atoms with Crippen LogP contribution in [0.4, 0.5) is 10.1 Å². The average Bonchev–Trinajstić information content (AvgIpc) is 2.51. The van der Waals surface area contributed by atoms with Gasteiger partial charge in [-0.15, -0.1) is 0 Å². The number of ether oxygens (including phenoxy) is 1. The first kappa shape index (κ1) is 17.5.